The van der Waals surface area contributed by atoms with E-state index in [0.717, 1.165) is 31.1 Å². The van der Waals surface area contributed by atoms with Crippen LogP contribution in [0.15, 0.2) is 36.5 Å². The lowest BCUT2D eigenvalue weighted by molar-refractivity contribution is 0.102. The van der Waals surface area contributed by atoms with Gasteiger partial charge in [-0.15, -0.1) is 0 Å². The maximum Gasteiger partial charge on any atom is 0.327 e. The second kappa shape index (κ2) is 13.7. The number of piperidine rings is 1. The van der Waals surface area contributed by atoms with Crippen LogP contribution in [0.3, 0.4) is 0 Å². The number of amides is 3. The Morgan fingerprint density at radius 3 is 2.63 bits per heavy atom. The first-order valence-electron chi connectivity index (χ1n) is 14.4. The Labute approximate surface area is 227 Å². The minimum atomic E-state index is -0.271. The molecule has 0 bridgehead atoms. The molecule has 2 N–H and O–H groups in total. The van der Waals surface area contributed by atoms with Crippen molar-refractivity contribution in [3.8, 4) is 0 Å². The molecule has 0 saturated carbocycles. The second-order valence-electron chi connectivity index (χ2n) is 10.7. The number of hydrogen-bond donors (Lipinski definition) is 2. The van der Waals surface area contributed by atoms with Crippen molar-refractivity contribution in [1.82, 2.24) is 20.1 Å². The molecule has 8 nitrogen and oxygen atoms in total. The molecule has 3 heterocycles. The van der Waals surface area contributed by atoms with Crippen LogP contribution in [0.2, 0.25) is 0 Å². The Hall–Kier alpha value is -2.97. The predicted molar refractivity (Wildman–Crippen MR) is 154 cm³/mol. The van der Waals surface area contributed by atoms with E-state index >= 15 is 0 Å². The number of likely N-dealkylation sites (tertiary alicyclic amines) is 1. The second-order valence-corrected chi connectivity index (χ2v) is 10.7. The molecule has 0 unspecified atom stereocenters. The number of fused-ring (bicyclic) bond motifs is 2. The van der Waals surface area contributed by atoms with Crippen LogP contribution in [-0.2, 0) is 0 Å². The van der Waals surface area contributed by atoms with Gasteiger partial charge in [-0.25, -0.2) is 14.7 Å². The molecule has 0 atom stereocenters. The SMILES string of the molecule is CCCN(CCC)CCCC1CCN(CCNC(=O)N2c3cc(C)ccc3C(=O)Nc3cccnc32)CC1. The third-order valence-electron chi connectivity index (χ3n) is 7.67. The smallest absolute Gasteiger partial charge is 0.327 e. The average Bonchev–Trinajstić information content (AvgIpc) is 3.03. The van der Waals surface area contributed by atoms with E-state index in [1.54, 1.807) is 24.4 Å². The summed E-state index contributed by atoms with van der Waals surface area (Å²) in [5, 5.41) is 5.98. The molecular formula is C30H44N6O2. The molecule has 2 aromatic rings. The number of pyridine rings is 1. The first kappa shape index (κ1) is 28.0. The molecule has 1 aromatic carbocycles. The van der Waals surface area contributed by atoms with E-state index in [0.29, 0.717) is 29.3 Å². The van der Waals surface area contributed by atoms with Gasteiger partial charge in [-0.3, -0.25) is 4.79 Å². The molecule has 0 spiro atoms. The summed E-state index contributed by atoms with van der Waals surface area (Å²) in [5.41, 5.74) is 2.50. The van der Waals surface area contributed by atoms with Crippen molar-refractivity contribution in [2.45, 2.75) is 59.3 Å². The molecule has 1 aromatic heterocycles. The van der Waals surface area contributed by atoms with Crippen molar-refractivity contribution < 1.29 is 9.59 Å². The monoisotopic (exact) mass is 520 g/mol. The van der Waals surface area contributed by atoms with Crippen molar-refractivity contribution in [3.63, 3.8) is 0 Å². The van der Waals surface area contributed by atoms with Crippen molar-refractivity contribution in [2.24, 2.45) is 5.92 Å². The van der Waals surface area contributed by atoms with Gasteiger partial charge in [-0.2, -0.15) is 0 Å². The molecule has 0 radical (unpaired) electrons. The van der Waals surface area contributed by atoms with Crippen LogP contribution in [0.4, 0.5) is 22.0 Å². The van der Waals surface area contributed by atoms with Crippen molar-refractivity contribution in [3.05, 3.63) is 47.7 Å². The summed E-state index contributed by atoms with van der Waals surface area (Å²) >= 11 is 0. The van der Waals surface area contributed by atoms with Gasteiger partial charge in [0.1, 0.15) is 0 Å². The Morgan fingerprint density at radius 2 is 1.89 bits per heavy atom. The highest BCUT2D eigenvalue weighted by atomic mass is 16.2. The molecule has 2 aliphatic heterocycles. The molecule has 1 saturated heterocycles. The van der Waals surface area contributed by atoms with Crippen LogP contribution in [-0.4, -0.2) is 72.5 Å². The van der Waals surface area contributed by atoms with Crippen LogP contribution >= 0.6 is 0 Å². The summed E-state index contributed by atoms with van der Waals surface area (Å²) in [4.78, 5) is 37.4. The van der Waals surface area contributed by atoms with Crippen molar-refractivity contribution in [2.75, 3.05) is 56.0 Å². The summed E-state index contributed by atoms with van der Waals surface area (Å²) in [5.74, 6) is 1.01. The van der Waals surface area contributed by atoms with E-state index < -0.39 is 0 Å². The van der Waals surface area contributed by atoms with Crippen molar-refractivity contribution in [1.29, 1.82) is 0 Å². The molecule has 3 amide bonds. The number of hydrogen-bond acceptors (Lipinski definition) is 5. The van der Waals surface area contributed by atoms with Gasteiger partial charge in [0, 0.05) is 19.3 Å². The van der Waals surface area contributed by atoms with E-state index in [4.69, 9.17) is 0 Å². The van der Waals surface area contributed by atoms with Crippen LogP contribution in [0.25, 0.3) is 0 Å². The normalized spacial score (nSPS) is 16.1. The van der Waals surface area contributed by atoms with Gasteiger partial charge in [0.25, 0.3) is 5.91 Å². The summed E-state index contributed by atoms with van der Waals surface area (Å²) in [7, 11) is 0. The largest absolute Gasteiger partial charge is 0.336 e. The summed E-state index contributed by atoms with van der Waals surface area (Å²) in [6.45, 7) is 13.7. The van der Waals surface area contributed by atoms with E-state index in [1.165, 1.54) is 63.1 Å². The Kier molecular flexibility index (Phi) is 10.1. The number of aromatic nitrogens is 1. The number of aryl methyl sites for hydroxylation is 1. The highest BCUT2D eigenvalue weighted by molar-refractivity contribution is 6.16. The fraction of sp³-hybridized carbons (Fsp3) is 0.567. The van der Waals surface area contributed by atoms with Gasteiger partial charge in [-0.05, 0) is 114 Å². The number of rotatable bonds is 11. The van der Waals surface area contributed by atoms with Gasteiger partial charge >= 0.3 is 6.03 Å². The van der Waals surface area contributed by atoms with Crippen molar-refractivity contribution >= 4 is 29.1 Å². The van der Waals surface area contributed by atoms with E-state index in [2.05, 4.69) is 39.3 Å². The number of benzene rings is 1. The lowest BCUT2D eigenvalue weighted by atomic mass is 9.92. The lowest BCUT2D eigenvalue weighted by Gasteiger charge is -2.32. The lowest BCUT2D eigenvalue weighted by Crippen LogP contribution is -2.43. The van der Waals surface area contributed by atoms with Crippen LogP contribution in [0.1, 0.15) is 68.3 Å². The maximum absolute atomic E-state index is 13.5. The number of nitrogens with zero attached hydrogens (tertiary/aromatic N) is 4. The number of carbonyl (C=O) groups is 2. The number of anilines is 3. The standard InChI is InChI=1S/C30H44N6O2/c1-4-16-34(17-5-2)18-7-8-24-12-19-35(20-13-24)21-15-32-30(38)36-27-22-23(3)10-11-25(27)29(37)33-26-9-6-14-31-28(26)36/h6,9-11,14,22,24H,4-5,7-8,12-13,15-21H2,1-3H3,(H,32,38)(H,33,37). The van der Waals surface area contributed by atoms with E-state index in [1.807, 2.05) is 19.1 Å². The van der Waals surface area contributed by atoms with Gasteiger partial charge in [0.2, 0.25) is 0 Å². The molecule has 206 valence electrons. The number of urea groups is 1. The quantitative estimate of drug-likeness (QED) is 0.414. The molecule has 8 heteroatoms. The highest BCUT2D eigenvalue weighted by Crippen LogP contribution is 2.36. The van der Waals surface area contributed by atoms with Gasteiger partial charge in [0.15, 0.2) is 5.82 Å². The molecule has 38 heavy (non-hydrogen) atoms. The fourth-order valence-corrected chi connectivity index (χ4v) is 5.67. The van der Waals surface area contributed by atoms with E-state index in [9.17, 15) is 9.59 Å². The Balaban J connectivity index is 1.28. The Bertz CT molecular complexity index is 1080. The summed E-state index contributed by atoms with van der Waals surface area (Å²) < 4.78 is 0. The van der Waals surface area contributed by atoms with Gasteiger partial charge in [-0.1, -0.05) is 19.9 Å². The molecule has 2 aliphatic rings. The zero-order valence-electron chi connectivity index (χ0n) is 23.3. The molecule has 4 rings (SSSR count). The Morgan fingerprint density at radius 1 is 1.13 bits per heavy atom. The van der Waals surface area contributed by atoms with Gasteiger partial charge < -0.3 is 20.4 Å². The van der Waals surface area contributed by atoms with Gasteiger partial charge in [0.05, 0.1) is 16.9 Å². The fourth-order valence-electron chi connectivity index (χ4n) is 5.67. The summed E-state index contributed by atoms with van der Waals surface area (Å²) in [6, 6.07) is 8.77. The average molecular weight is 521 g/mol. The predicted octanol–water partition coefficient (Wildman–Crippen LogP) is 5.42. The maximum atomic E-state index is 13.5. The minimum absolute atomic E-state index is 0.240. The zero-order chi connectivity index (χ0) is 26.9. The number of carbonyl (C=O) groups excluding carboxylic acids is 2. The highest BCUT2D eigenvalue weighted by Gasteiger charge is 2.30. The first-order chi connectivity index (χ1) is 18.5. The molecule has 1 fully saturated rings. The third kappa shape index (κ3) is 7.11. The molecule has 0 aliphatic carbocycles. The molecular weight excluding hydrogens is 476 g/mol. The first-order valence-corrected chi connectivity index (χ1v) is 14.4. The number of nitrogens with one attached hydrogen (secondary N) is 2. The van der Waals surface area contributed by atoms with Crippen LogP contribution < -0.4 is 15.5 Å². The van der Waals surface area contributed by atoms with Crippen LogP contribution in [0, 0.1) is 12.8 Å². The zero-order valence-corrected chi connectivity index (χ0v) is 23.3. The van der Waals surface area contributed by atoms with E-state index in [-0.39, 0.29) is 11.9 Å². The minimum Gasteiger partial charge on any atom is -0.336 e. The third-order valence-corrected chi connectivity index (χ3v) is 7.67. The topological polar surface area (TPSA) is 80.8 Å². The van der Waals surface area contributed by atoms with Crippen LogP contribution in [0.5, 0.6) is 0 Å². The summed E-state index contributed by atoms with van der Waals surface area (Å²) in [6.07, 6.45) is 9.19.